The van der Waals surface area contributed by atoms with E-state index in [1.165, 1.54) is 18.4 Å². The monoisotopic (exact) mass is 297 g/mol. The highest BCUT2D eigenvalue weighted by Gasteiger charge is 2.19. The molecule has 3 rings (SSSR count). The van der Waals surface area contributed by atoms with Gasteiger partial charge in [-0.3, -0.25) is 0 Å². The molecular formula is C17H23N5. The van der Waals surface area contributed by atoms with E-state index in [2.05, 4.69) is 58.1 Å². The summed E-state index contributed by atoms with van der Waals surface area (Å²) < 4.78 is 0. The van der Waals surface area contributed by atoms with Crippen LogP contribution in [0.1, 0.15) is 32.3 Å². The van der Waals surface area contributed by atoms with Gasteiger partial charge in [-0.15, -0.1) is 5.10 Å². The molecule has 116 valence electrons. The predicted molar refractivity (Wildman–Crippen MR) is 89.0 cm³/mol. The first-order valence-electron chi connectivity index (χ1n) is 7.99. The average Bonchev–Trinajstić information content (AvgIpc) is 3.08. The third-order valence-electron chi connectivity index (χ3n) is 4.04. The van der Waals surface area contributed by atoms with Crippen LogP contribution in [0.3, 0.4) is 0 Å². The van der Waals surface area contributed by atoms with Crippen molar-refractivity contribution in [3.8, 4) is 0 Å². The Labute approximate surface area is 132 Å². The average molecular weight is 297 g/mol. The fourth-order valence-corrected chi connectivity index (χ4v) is 2.78. The second-order valence-corrected chi connectivity index (χ2v) is 6.02. The number of benzene rings is 1. The van der Waals surface area contributed by atoms with Crippen molar-refractivity contribution in [3.05, 3.63) is 42.1 Å². The Hall–Kier alpha value is -2.17. The summed E-state index contributed by atoms with van der Waals surface area (Å²) >= 11 is 0. The summed E-state index contributed by atoms with van der Waals surface area (Å²) in [5.74, 6) is 1.66. The van der Waals surface area contributed by atoms with E-state index in [1.807, 2.05) is 6.07 Å². The molecule has 1 fully saturated rings. The van der Waals surface area contributed by atoms with E-state index in [4.69, 9.17) is 4.98 Å². The SMILES string of the molecule is CC(C)N(Cc1ccccc1)c1cnnc(N2CCCC2)n1. The Bertz CT molecular complexity index is 593. The fourth-order valence-electron chi connectivity index (χ4n) is 2.78. The van der Waals surface area contributed by atoms with Crippen LogP contribution in [-0.2, 0) is 6.54 Å². The molecule has 1 aromatic carbocycles. The maximum atomic E-state index is 4.75. The van der Waals surface area contributed by atoms with Crippen molar-refractivity contribution >= 4 is 11.8 Å². The van der Waals surface area contributed by atoms with Gasteiger partial charge >= 0.3 is 0 Å². The van der Waals surface area contributed by atoms with Crippen LogP contribution in [0.25, 0.3) is 0 Å². The van der Waals surface area contributed by atoms with Gasteiger partial charge in [0, 0.05) is 25.7 Å². The minimum absolute atomic E-state index is 0.350. The smallest absolute Gasteiger partial charge is 0.247 e. The van der Waals surface area contributed by atoms with Crippen molar-refractivity contribution in [2.45, 2.75) is 39.3 Å². The normalized spacial score (nSPS) is 14.6. The van der Waals surface area contributed by atoms with Gasteiger partial charge in [0.15, 0.2) is 5.82 Å². The second-order valence-electron chi connectivity index (χ2n) is 6.02. The van der Waals surface area contributed by atoms with E-state index in [0.717, 1.165) is 31.4 Å². The molecule has 0 saturated carbocycles. The van der Waals surface area contributed by atoms with Crippen LogP contribution >= 0.6 is 0 Å². The lowest BCUT2D eigenvalue weighted by Gasteiger charge is -2.28. The molecule has 0 unspecified atom stereocenters. The van der Waals surface area contributed by atoms with E-state index in [9.17, 15) is 0 Å². The minimum Gasteiger partial charge on any atom is -0.348 e. The maximum Gasteiger partial charge on any atom is 0.247 e. The number of hydrogen-bond acceptors (Lipinski definition) is 5. The predicted octanol–water partition coefficient (Wildman–Crippen LogP) is 2.89. The quantitative estimate of drug-likeness (QED) is 0.849. The van der Waals surface area contributed by atoms with E-state index in [0.29, 0.717) is 6.04 Å². The van der Waals surface area contributed by atoms with Gasteiger partial charge in [-0.2, -0.15) is 10.1 Å². The van der Waals surface area contributed by atoms with E-state index >= 15 is 0 Å². The van der Waals surface area contributed by atoms with Crippen LogP contribution in [0.4, 0.5) is 11.8 Å². The molecule has 2 heterocycles. The third-order valence-corrected chi connectivity index (χ3v) is 4.04. The Morgan fingerprint density at radius 3 is 2.55 bits per heavy atom. The summed E-state index contributed by atoms with van der Waals surface area (Å²) in [6.07, 6.45) is 4.19. The number of rotatable bonds is 5. The Balaban J connectivity index is 1.83. The van der Waals surface area contributed by atoms with Crippen LogP contribution in [-0.4, -0.2) is 34.3 Å². The van der Waals surface area contributed by atoms with Gasteiger partial charge in [0.2, 0.25) is 5.95 Å². The maximum absolute atomic E-state index is 4.75. The first kappa shape index (κ1) is 14.8. The lowest BCUT2D eigenvalue weighted by Crippen LogP contribution is -2.32. The molecule has 0 radical (unpaired) electrons. The zero-order chi connectivity index (χ0) is 15.4. The van der Waals surface area contributed by atoms with Crippen molar-refractivity contribution in [1.82, 2.24) is 15.2 Å². The molecule has 5 nitrogen and oxygen atoms in total. The molecule has 0 spiro atoms. The third kappa shape index (κ3) is 3.35. The van der Waals surface area contributed by atoms with Gasteiger partial charge in [-0.1, -0.05) is 30.3 Å². The zero-order valence-electron chi connectivity index (χ0n) is 13.3. The summed E-state index contributed by atoms with van der Waals surface area (Å²) in [7, 11) is 0. The van der Waals surface area contributed by atoms with Crippen LogP contribution in [0.15, 0.2) is 36.5 Å². The van der Waals surface area contributed by atoms with Crippen LogP contribution < -0.4 is 9.80 Å². The molecule has 1 saturated heterocycles. The van der Waals surface area contributed by atoms with Gasteiger partial charge in [-0.05, 0) is 32.3 Å². The van der Waals surface area contributed by atoms with Crippen LogP contribution in [0.2, 0.25) is 0 Å². The number of hydrogen-bond donors (Lipinski definition) is 0. The second kappa shape index (κ2) is 6.73. The lowest BCUT2D eigenvalue weighted by molar-refractivity contribution is 0.665. The molecule has 0 amide bonds. The summed E-state index contributed by atoms with van der Waals surface area (Å²) in [5.41, 5.74) is 1.28. The van der Waals surface area contributed by atoms with Crippen molar-refractivity contribution in [2.24, 2.45) is 0 Å². The van der Waals surface area contributed by atoms with Gasteiger partial charge in [0.1, 0.15) is 0 Å². The van der Waals surface area contributed by atoms with Gasteiger partial charge in [0.05, 0.1) is 6.20 Å². The topological polar surface area (TPSA) is 45.2 Å². The van der Waals surface area contributed by atoms with Crippen LogP contribution in [0, 0.1) is 0 Å². The Kier molecular flexibility index (Phi) is 4.51. The van der Waals surface area contributed by atoms with E-state index in [1.54, 1.807) is 6.20 Å². The molecule has 22 heavy (non-hydrogen) atoms. The molecular weight excluding hydrogens is 274 g/mol. The molecule has 1 aliphatic rings. The molecule has 2 aromatic rings. The van der Waals surface area contributed by atoms with Gasteiger partial charge in [0.25, 0.3) is 0 Å². The highest BCUT2D eigenvalue weighted by atomic mass is 15.4. The van der Waals surface area contributed by atoms with Crippen molar-refractivity contribution < 1.29 is 0 Å². The summed E-state index contributed by atoms with van der Waals surface area (Å²) in [4.78, 5) is 9.24. The number of aromatic nitrogens is 3. The lowest BCUT2D eigenvalue weighted by atomic mass is 10.2. The summed E-state index contributed by atoms with van der Waals surface area (Å²) in [5, 5.41) is 8.39. The highest BCUT2D eigenvalue weighted by Crippen LogP contribution is 2.21. The molecule has 1 aliphatic heterocycles. The molecule has 1 aromatic heterocycles. The van der Waals surface area contributed by atoms with Crippen LogP contribution in [0.5, 0.6) is 0 Å². The molecule has 0 atom stereocenters. The zero-order valence-corrected chi connectivity index (χ0v) is 13.3. The number of nitrogens with zero attached hydrogens (tertiary/aromatic N) is 5. The number of anilines is 2. The van der Waals surface area contributed by atoms with Gasteiger partial charge in [-0.25, -0.2) is 0 Å². The van der Waals surface area contributed by atoms with Crippen molar-refractivity contribution in [3.63, 3.8) is 0 Å². The first-order chi connectivity index (χ1) is 10.7. The fraction of sp³-hybridized carbons (Fsp3) is 0.471. The standard InChI is InChI=1S/C17H23N5/c1-14(2)22(13-15-8-4-3-5-9-15)16-12-18-20-17(19-16)21-10-6-7-11-21/h3-5,8-9,12,14H,6-7,10-11,13H2,1-2H3. The van der Waals surface area contributed by atoms with E-state index in [-0.39, 0.29) is 0 Å². The molecule has 0 bridgehead atoms. The molecule has 0 N–H and O–H groups in total. The van der Waals surface area contributed by atoms with E-state index < -0.39 is 0 Å². The van der Waals surface area contributed by atoms with Crippen molar-refractivity contribution in [2.75, 3.05) is 22.9 Å². The Morgan fingerprint density at radius 2 is 1.86 bits per heavy atom. The molecule has 0 aliphatic carbocycles. The highest BCUT2D eigenvalue weighted by molar-refractivity contribution is 5.43. The Morgan fingerprint density at radius 1 is 1.14 bits per heavy atom. The first-order valence-corrected chi connectivity index (χ1v) is 7.99. The minimum atomic E-state index is 0.350. The summed E-state index contributed by atoms with van der Waals surface area (Å²) in [6, 6.07) is 10.8. The molecule has 5 heteroatoms. The summed E-state index contributed by atoms with van der Waals surface area (Å²) in [6.45, 7) is 7.26. The largest absolute Gasteiger partial charge is 0.348 e. The van der Waals surface area contributed by atoms with Crippen molar-refractivity contribution in [1.29, 1.82) is 0 Å². The van der Waals surface area contributed by atoms with Gasteiger partial charge < -0.3 is 9.80 Å².